The SMILES string of the molecule is O=C(NCc1ccc(F)cc1)c1ccc2[nH]c(=O)c(=O)[nH]c2c1. The van der Waals surface area contributed by atoms with Crippen molar-refractivity contribution in [1.82, 2.24) is 15.3 Å². The van der Waals surface area contributed by atoms with Gasteiger partial charge in [0, 0.05) is 12.1 Å². The van der Waals surface area contributed by atoms with Crippen molar-refractivity contribution in [3.05, 3.63) is 80.1 Å². The van der Waals surface area contributed by atoms with Crippen molar-refractivity contribution in [2.24, 2.45) is 0 Å². The summed E-state index contributed by atoms with van der Waals surface area (Å²) in [7, 11) is 0. The van der Waals surface area contributed by atoms with Crippen molar-refractivity contribution in [2.75, 3.05) is 0 Å². The molecule has 1 heterocycles. The van der Waals surface area contributed by atoms with Crippen LogP contribution in [0.4, 0.5) is 4.39 Å². The van der Waals surface area contributed by atoms with Crippen LogP contribution < -0.4 is 16.4 Å². The predicted octanol–water partition coefficient (Wildman–Crippen LogP) is 1.29. The van der Waals surface area contributed by atoms with E-state index in [-0.39, 0.29) is 18.3 Å². The molecule has 0 spiro atoms. The van der Waals surface area contributed by atoms with Crippen LogP contribution in [0, 0.1) is 5.82 Å². The van der Waals surface area contributed by atoms with E-state index in [1.165, 1.54) is 24.3 Å². The highest BCUT2D eigenvalue weighted by molar-refractivity contribution is 5.97. The molecule has 6 nitrogen and oxygen atoms in total. The van der Waals surface area contributed by atoms with E-state index < -0.39 is 11.1 Å². The predicted molar refractivity (Wildman–Crippen MR) is 82.8 cm³/mol. The Morgan fingerprint density at radius 3 is 2.30 bits per heavy atom. The number of hydrogen-bond donors (Lipinski definition) is 3. The molecule has 1 aromatic heterocycles. The number of carbonyl (C=O) groups excluding carboxylic acids is 1. The molecular formula is C16H12FN3O3. The minimum atomic E-state index is -0.777. The lowest BCUT2D eigenvalue weighted by Crippen LogP contribution is -2.29. The summed E-state index contributed by atoms with van der Waals surface area (Å²) in [5.74, 6) is -0.684. The Balaban J connectivity index is 1.80. The van der Waals surface area contributed by atoms with Gasteiger partial charge in [0.25, 0.3) is 5.91 Å². The molecule has 0 fully saturated rings. The van der Waals surface area contributed by atoms with Gasteiger partial charge in [0.05, 0.1) is 11.0 Å². The smallest absolute Gasteiger partial charge is 0.314 e. The number of carbonyl (C=O) groups is 1. The van der Waals surface area contributed by atoms with Crippen LogP contribution in [0.25, 0.3) is 11.0 Å². The second-order valence-corrected chi connectivity index (χ2v) is 4.98. The van der Waals surface area contributed by atoms with Gasteiger partial charge in [-0.25, -0.2) is 4.39 Å². The number of benzene rings is 2. The Morgan fingerprint density at radius 1 is 0.957 bits per heavy atom. The second kappa shape index (κ2) is 5.88. The molecule has 0 bridgehead atoms. The lowest BCUT2D eigenvalue weighted by atomic mass is 10.1. The molecule has 0 radical (unpaired) electrons. The number of rotatable bonds is 3. The fourth-order valence-corrected chi connectivity index (χ4v) is 2.14. The highest BCUT2D eigenvalue weighted by Crippen LogP contribution is 2.09. The number of halogens is 1. The van der Waals surface area contributed by atoms with Crippen LogP contribution in [-0.4, -0.2) is 15.9 Å². The van der Waals surface area contributed by atoms with Gasteiger partial charge in [0.1, 0.15) is 5.82 Å². The van der Waals surface area contributed by atoms with E-state index in [1.54, 1.807) is 18.2 Å². The van der Waals surface area contributed by atoms with Crippen LogP contribution in [0.15, 0.2) is 52.1 Å². The van der Waals surface area contributed by atoms with Crippen LogP contribution >= 0.6 is 0 Å². The molecule has 7 heteroatoms. The summed E-state index contributed by atoms with van der Waals surface area (Å²) in [6.07, 6.45) is 0. The number of H-pyrrole nitrogens is 2. The summed E-state index contributed by atoms with van der Waals surface area (Å²) in [4.78, 5) is 39.5. The number of fused-ring (bicyclic) bond motifs is 1. The van der Waals surface area contributed by atoms with Crippen molar-refractivity contribution in [3.8, 4) is 0 Å². The average molecular weight is 313 g/mol. The van der Waals surface area contributed by atoms with Gasteiger partial charge in [-0.05, 0) is 35.9 Å². The zero-order valence-corrected chi connectivity index (χ0v) is 11.9. The fourth-order valence-electron chi connectivity index (χ4n) is 2.14. The van der Waals surface area contributed by atoms with Gasteiger partial charge in [-0.15, -0.1) is 0 Å². The van der Waals surface area contributed by atoms with Crippen LogP contribution in [-0.2, 0) is 6.54 Å². The maximum atomic E-state index is 12.8. The monoisotopic (exact) mass is 313 g/mol. The number of aromatic amines is 2. The number of nitrogens with one attached hydrogen (secondary N) is 3. The van der Waals surface area contributed by atoms with Gasteiger partial charge in [-0.2, -0.15) is 0 Å². The lowest BCUT2D eigenvalue weighted by molar-refractivity contribution is 0.0951. The molecule has 0 atom stereocenters. The van der Waals surface area contributed by atoms with E-state index in [4.69, 9.17) is 0 Å². The molecule has 3 aromatic rings. The summed E-state index contributed by atoms with van der Waals surface area (Å²) in [5.41, 5.74) is 0.377. The van der Waals surface area contributed by atoms with Gasteiger partial charge in [-0.1, -0.05) is 12.1 Å². The maximum Gasteiger partial charge on any atom is 0.314 e. The van der Waals surface area contributed by atoms with Crippen molar-refractivity contribution in [1.29, 1.82) is 0 Å². The lowest BCUT2D eigenvalue weighted by Gasteiger charge is -2.06. The largest absolute Gasteiger partial charge is 0.348 e. The molecule has 2 aromatic carbocycles. The van der Waals surface area contributed by atoms with E-state index in [9.17, 15) is 18.8 Å². The molecule has 3 N–H and O–H groups in total. The Labute approximate surface area is 129 Å². The zero-order chi connectivity index (χ0) is 16.4. The quantitative estimate of drug-likeness (QED) is 0.636. The molecule has 0 aliphatic rings. The summed E-state index contributed by atoms with van der Waals surface area (Å²) in [6.45, 7) is 0.249. The molecule has 23 heavy (non-hydrogen) atoms. The van der Waals surface area contributed by atoms with Gasteiger partial charge in [0.2, 0.25) is 0 Å². The van der Waals surface area contributed by atoms with E-state index in [2.05, 4.69) is 15.3 Å². The highest BCUT2D eigenvalue weighted by atomic mass is 19.1. The van der Waals surface area contributed by atoms with Gasteiger partial charge in [0.15, 0.2) is 0 Å². The summed E-state index contributed by atoms with van der Waals surface area (Å²) >= 11 is 0. The number of aromatic nitrogens is 2. The molecule has 116 valence electrons. The first kappa shape index (κ1) is 14.7. The first-order valence-corrected chi connectivity index (χ1v) is 6.82. The Bertz CT molecular complexity index is 990. The third-order valence-corrected chi connectivity index (χ3v) is 3.35. The summed E-state index contributed by atoms with van der Waals surface area (Å²) in [5, 5.41) is 2.70. The molecular weight excluding hydrogens is 301 g/mol. The first-order valence-electron chi connectivity index (χ1n) is 6.82. The third-order valence-electron chi connectivity index (χ3n) is 3.35. The van der Waals surface area contributed by atoms with Crippen LogP contribution in [0.5, 0.6) is 0 Å². The van der Waals surface area contributed by atoms with E-state index in [1.807, 2.05) is 0 Å². The summed E-state index contributed by atoms with van der Waals surface area (Å²) in [6, 6.07) is 10.4. The maximum absolute atomic E-state index is 12.8. The zero-order valence-electron chi connectivity index (χ0n) is 11.9. The molecule has 3 rings (SSSR count). The van der Waals surface area contributed by atoms with E-state index in [0.717, 1.165) is 5.56 Å². The van der Waals surface area contributed by atoms with Gasteiger partial charge >= 0.3 is 11.1 Å². The van der Waals surface area contributed by atoms with Crippen molar-refractivity contribution >= 4 is 16.9 Å². The molecule has 1 amide bonds. The number of hydrogen-bond acceptors (Lipinski definition) is 3. The minimum absolute atomic E-state index is 0.249. The Morgan fingerprint density at radius 2 is 1.61 bits per heavy atom. The standard InChI is InChI=1S/C16H12FN3O3/c17-11-4-1-9(2-5-11)8-18-14(21)10-3-6-12-13(7-10)20-16(23)15(22)19-12/h1-7H,8H2,(H,18,21)(H,19,22)(H,20,23). The first-order chi connectivity index (χ1) is 11.0. The number of amides is 1. The van der Waals surface area contributed by atoms with Gasteiger partial charge in [-0.3, -0.25) is 14.4 Å². The highest BCUT2D eigenvalue weighted by Gasteiger charge is 2.08. The van der Waals surface area contributed by atoms with Crippen LogP contribution in [0.2, 0.25) is 0 Å². The van der Waals surface area contributed by atoms with E-state index >= 15 is 0 Å². The molecule has 0 unspecified atom stereocenters. The fraction of sp³-hybridized carbons (Fsp3) is 0.0625. The molecule has 0 saturated carbocycles. The average Bonchev–Trinajstić information content (AvgIpc) is 2.54. The normalized spacial score (nSPS) is 10.7. The van der Waals surface area contributed by atoms with E-state index in [0.29, 0.717) is 16.6 Å². The molecule has 0 aliphatic carbocycles. The Kier molecular flexibility index (Phi) is 3.76. The van der Waals surface area contributed by atoms with Gasteiger partial charge < -0.3 is 15.3 Å². The van der Waals surface area contributed by atoms with Crippen molar-refractivity contribution in [3.63, 3.8) is 0 Å². The second-order valence-electron chi connectivity index (χ2n) is 4.98. The Hall–Kier alpha value is -3.22. The topological polar surface area (TPSA) is 94.8 Å². The van der Waals surface area contributed by atoms with Crippen LogP contribution in [0.3, 0.4) is 0 Å². The third kappa shape index (κ3) is 3.18. The van der Waals surface area contributed by atoms with Crippen molar-refractivity contribution < 1.29 is 9.18 Å². The van der Waals surface area contributed by atoms with Crippen LogP contribution in [0.1, 0.15) is 15.9 Å². The summed E-state index contributed by atoms with van der Waals surface area (Å²) < 4.78 is 12.8. The molecule has 0 aliphatic heterocycles. The minimum Gasteiger partial charge on any atom is -0.348 e. The molecule has 0 saturated heterocycles. The van der Waals surface area contributed by atoms with Crippen molar-refractivity contribution in [2.45, 2.75) is 6.54 Å².